The summed E-state index contributed by atoms with van der Waals surface area (Å²) in [6.45, 7) is 0. The van der Waals surface area contributed by atoms with Crippen molar-refractivity contribution in [2.75, 3.05) is 12.8 Å². The zero-order valence-corrected chi connectivity index (χ0v) is 12.4. The Morgan fingerprint density at radius 1 is 1.42 bits per heavy atom. The first-order valence-corrected chi connectivity index (χ1v) is 6.72. The van der Waals surface area contributed by atoms with E-state index in [1.165, 1.54) is 19.5 Å². The van der Waals surface area contributed by atoms with Crippen LogP contribution >= 0.6 is 0 Å². The predicted molar refractivity (Wildman–Crippen MR) is 81.6 cm³/mol. The molecule has 0 aliphatic rings. The van der Waals surface area contributed by atoms with Gasteiger partial charge in [-0.1, -0.05) is 0 Å². The van der Waals surface area contributed by atoms with Gasteiger partial charge in [-0.3, -0.25) is 4.79 Å². The van der Waals surface area contributed by atoms with Crippen LogP contribution in [0.5, 0.6) is 5.75 Å². The molecule has 0 radical (unpaired) electrons. The highest BCUT2D eigenvalue weighted by Gasteiger charge is 2.26. The standard InChI is InChI=1S/C16H10F2N4O2/c1-24-15-7(4-19)5-21-16-11(15)8(6-22-16)14(23)12-9(17)2-3-10(20)13(12)18/h2-3,5-6H,20H2,1H3,(H,21,22). The van der Waals surface area contributed by atoms with Crippen LogP contribution in [0.2, 0.25) is 0 Å². The van der Waals surface area contributed by atoms with Crippen LogP contribution in [0.3, 0.4) is 0 Å². The minimum absolute atomic E-state index is 0.0742. The van der Waals surface area contributed by atoms with Gasteiger partial charge in [-0.2, -0.15) is 5.26 Å². The smallest absolute Gasteiger partial charge is 0.201 e. The third-order valence-electron chi connectivity index (χ3n) is 3.57. The largest absolute Gasteiger partial charge is 0.495 e. The van der Waals surface area contributed by atoms with Crippen molar-refractivity contribution in [1.29, 1.82) is 5.26 Å². The van der Waals surface area contributed by atoms with Crippen LogP contribution in [-0.2, 0) is 0 Å². The number of ether oxygens (including phenoxy) is 1. The Kier molecular flexibility index (Phi) is 3.62. The van der Waals surface area contributed by atoms with Gasteiger partial charge in [0.25, 0.3) is 0 Å². The van der Waals surface area contributed by atoms with Crippen LogP contribution in [-0.4, -0.2) is 22.9 Å². The molecular weight excluding hydrogens is 318 g/mol. The summed E-state index contributed by atoms with van der Waals surface area (Å²) in [7, 11) is 1.32. The molecule has 1 aromatic carbocycles. The minimum Gasteiger partial charge on any atom is -0.495 e. The van der Waals surface area contributed by atoms with E-state index in [1.54, 1.807) is 0 Å². The first-order valence-electron chi connectivity index (χ1n) is 6.72. The lowest BCUT2D eigenvalue weighted by atomic mass is 10.0. The Labute approximate surface area is 134 Å². The van der Waals surface area contributed by atoms with Gasteiger partial charge in [-0.15, -0.1) is 0 Å². The fraction of sp³-hybridized carbons (Fsp3) is 0.0625. The summed E-state index contributed by atoms with van der Waals surface area (Å²) in [5.74, 6) is -3.02. The van der Waals surface area contributed by atoms with Gasteiger partial charge in [0, 0.05) is 6.20 Å². The van der Waals surface area contributed by atoms with E-state index in [9.17, 15) is 13.6 Å². The molecule has 0 bridgehead atoms. The summed E-state index contributed by atoms with van der Waals surface area (Å²) in [5, 5.41) is 9.29. The number of ketones is 1. The number of aromatic nitrogens is 2. The lowest BCUT2D eigenvalue weighted by Gasteiger charge is -2.08. The molecule has 0 spiro atoms. The zero-order valence-electron chi connectivity index (χ0n) is 12.4. The molecule has 0 saturated heterocycles. The Morgan fingerprint density at radius 2 is 2.17 bits per heavy atom. The van der Waals surface area contributed by atoms with Crippen LogP contribution in [0.1, 0.15) is 21.5 Å². The number of carbonyl (C=O) groups excluding carboxylic acids is 1. The molecule has 8 heteroatoms. The van der Waals surface area contributed by atoms with E-state index in [2.05, 4.69) is 9.97 Å². The number of pyridine rings is 1. The average molecular weight is 328 g/mol. The number of fused-ring (bicyclic) bond motifs is 1. The lowest BCUT2D eigenvalue weighted by Crippen LogP contribution is -2.09. The number of rotatable bonds is 3. The van der Waals surface area contributed by atoms with Crippen LogP contribution in [0.15, 0.2) is 24.5 Å². The van der Waals surface area contributed by atoms with E-state index < -0.39 is 23.0 Å². The Balaban J connectivity index is 2.30. The van der Waals surface area contributed by atoms with Gasteiger partial charge in [0.2, 0.25) is 5.78 Å². The zero-order chi connectivity index (χ0) is 17.4. The van der Waals surface area contributed by atoms with Crippen LogP contribution in [0.4, 0.5) is 14.5 Å². The lowest BCUT2D eigenvalue weighted by molar-refractivity contribution is 0.103. The first-order chi connectivity index (χ1) is 11.5. The fourth-order valence-electron chi connectivity index (χ4n) is 2.45. The SMILES string of the molecule is COc1c(C#N)cnc2[nH]cc(C(=O)c3c(F)ccc(N)c3F)c12. The third-order valence-corrected chi connectivity index (χ3v) is 3.57. The van der Waals surface area contributed by atoms with Crippen molar-refractivity contribution >= 4 is 22.5 Å². The minimum atomic E-state index is -1.14. The van der Waals surface area contributed by atoms with Crippen molar-refractivity contribution in [3.05, 3.63) is 52.9 Å². The van der Waals surface area contributed by atoms with Crippen molar-refractivity contribution in [2.45, 2.75) is 0 Å². The Morgan fingerprint density at radius 3 is 2.83 bits per heavy atom. The summed E-state index contributed by atoms with van der Waals surface area (Å²) in [6.07, 6.45) is 2.53. The molecule has 0 aliphatic carbocycles. The second kappa shape index (κ2) is 5.62. The van der Waals surface area contributed by atoms with E-state index >= 15 is 0 Å². The molecule has 0 saturated carbocycles. The fourth-order valence-corrected chi connectivity index (χ4v) is 2.45. The summed E-state index contributed by atoms with van der Waals surface area (Å²) in [5.41, 5.74) is 4.56. The maximum atomic E-state index is 14.1. The average Bonchev–Trinajstić information content (AvgIpc) is 3.01. The molecule has 0 atom stereocenters. The molecular formula is C16H10F2N4O2. The van der Waals surface area contributed by atoms with Crippen molar-refractivity contribution in [2.24, 2.45) is 0 Å². The molecule has 0 amide bonds. The van der Waals surface area contributed by atoms with Crippen LogP contribution in [0, 0.1) is 23.0 Å². The number of methoxy groups -OCH3 is 1. The highest BCUT2D eigenvalue weighted by molar-refractivity contribution is 6.17. The number of hydrogen-bond donors (Lipinski definition) is 2. The maximum absolute atomic E-state index is 14.1. The molecule has 0 aliphatic heterocycles. The molecule has 3 aromatic rings. The Hall–Kier alpha value is -3.47. The molecule has 3 N–H and O–H groups in total. The number of anilines is 1. The summed E-state index contributed by atoms with van der Waals surface area (Å²) in [4.78, 5) is 19.4. The number of nitrogens with zero attached hydrogens (tertiary/aromatic N) is 2. The second-order valence-electron chi connectivity index (χ2n) is 4.90. The molecule has 0 unspecified atom stereocenters. The number of nitriles is 1. The number of benzene rings is 1. The number of nitrogen functional groups attached to an aromatic ring is 1. The molecule has 2 aromatic heterocycles. The van der Waals surface area contributed by atoms with Crippen LogP contribution < -0.4 is 10.5 Å². The van der Waals surface area contributed by atoms with Crippen LogP contribution in [0.25, 0.3) is 11.0 Å². The summed E-state index contributed by atoms with van der Waals surface area (Å²) < 4.78 is 33.3. The van der Waals surface area contributed by atoms with E-state index in [0.29, 0.717) is 0 Å². The van der Waals surface area contributed by atoms with Gasteiger partial charge in [-0.25, -0.2) is 13.8 Å². The maximum Gasteiger partial charge on any atom is 0.201 e. The quantitative estimate of drug-likeness (QED) is 0.568. The summed E-state index contributed by atoms with van der Waals surface area (Å²) in [6, 6.07) is 3.83. The number of hydrogen-bond acceptors (Lipinski definition) is 5. The van der Waals surface area contributed by atoms with E-state index in [-0.39, 0.29) is 33.6 Å². The first kappa shape index (κ1) is 15.4. The highest BCUT2D eigenvalue weighted by Crippen LogP contribution is 2.33. The number of halogens is 2. The van der Waals surface area contributed by atoms with Crippen molar-refractivity contribution in [3.63, 3.8) is 0 Å². The second-order valence-corrected chi connectivity index (χ2v) is 4.90. The highest BCUT2D eigenvalue weighted by atomic mass is 19.1. The van der Waals surface area contributed by atoms with Gasteiger partial charge in [0.05, 0.1) is 35.5 Å². The number of H-pyrrole nitrogens is 1. The van der Waals surface area contributed by atoms with Gasteiger partial charge in [0.1, 0.15) is 28.8 Å². The van der Waals surface area contributed by atoms with Gasteiger partial charge in [-0.05, 0) is 12.1 Å². The van der Waals surface area contributed by atoms with Crippen molar-refractivity contribution < 1.29 is 18.3 Å². The van der Waals surface area contributed by atoms with Gasteiger partial charge < -0.3 is 15.5 Å². The molecule has 2 heterocycles. The molecule has 24 heavy (non-hydrogen) atoms. The number of carbonyl (C=O) groups is 1. The normalized spacial score (nSPS) is 10.6. The number of aromatic amines is 1. The number of nitrogens with two attached hydrogens (primary N) is 1. The van der Waals surface area contributed by atoms with E-state index in [1.807, 2.05) is 6.07 Å². The van der Waals surface area contributed by atoms with E-state index in [0.717, 1.165) is 12.1 Å². The van der Waals surface area contributed by atoms with Crippen molar-refractivity contribution in [1.82, 2.24) is 9.97 Å². The molecule has 3 rings (SSSR count). The monoisotopic (exact) mass is 328 g/mol. The Bertz CT molecular complexity index is 1020. The third kappa shape index (κ3) is 2.14. The van der Waals surface area contributed by atoms with Crippen molar-refractivity contribution in [3.8, 4) is 11.8 Å². The molecule has 120 valence electrons. The summed E-state index contributed by atoms with van der Waals surface area (Å²) >= 11 is 0. The molecule has 6 nitrogen and oxygen atoms in total. The topological polar surface area (TPSA) is 105 Å². The predicted octanol–water partition coefficient (Wildman–Crippen LogP) is 2.53. The van der Waals surface area contributed by atoms with Gasteiger partial charge in [0.15, 0.2) is 5.82 Å². The van der Waals surface area contributed by atoms with Gasteiger partial charge >= 0.3 is 0 Å². The number of nitrogens with one attached hydrogen (secondary N) is 1. The molecule has 0 fully saturated rings. The van der Waals surface area contributed by atoms with E-state index in [4.69, 9.17) is 15.7 Å².